The highest BCUT2D eigenvalue weighted by atomic mass is 19.1. The van der Waals surface area contributed by atoms with E-state index in [2.05, 4.69) is 5.32 Å². The Labute approximate surface area is 164 Å². The molecule has 0 radical (unpaired) electrons. The fourth-order valence-corrected chi connectivity index (χ4v) is 3.61. The zero-order chi connectivity index (χ0) is 20.1. The summed E-state index contributed by atoms with van der Waals surface area (Å²) in [6.45, 7) is -0.162. The van der Waals surface area contributed by atoms with E-state index in [-0.39, 0.29) is 18.1 Å². The Balaban J connectivity index is 1.59. The van der Waals surface area contributed by atoms with Crippen molar-refractivity contribution >= 4 is 23.2 Å². The number of rotatable bonds is 6. The zero-order valence-corrected chi connectivity index (χ0v) is 16.3. The molecule has 7 heteroatoms. The van der Waals surface area contributed by atoms with Gasteiger partial charge in [-0.2, -0.15) is 0 Å². The van der Waals surface area contributed by atoms with E-state index in [1.54, 1.807) is 18.2 Å². The highest BCUT2D eigenvalue weighted by Gasteiger charge is 2.21. The SMILES string of the molecule is CN(CC(=O)Nc1ccc(N(C)C2CCCCC2)c(F)c1)C(=O)c1ccco1. The smallest absolute Gasteiger partial charge is 0.289 e. The molecule has 1 aromatic heterocycles. The molecule has 0 atom stereocenters. The molecular weight excluding hydrogens is 361 g/mol. The van der Waals surface area contributed by atoms with Crippen molar-refractivity contribution in [1.82, 2.24) is 4.90 Å². The third-order valence-electron chi connectivity index (χ3n) is 5.19. The molecule has 3 rings (SSSR count). The Morgan fingerprint density at radius 1 is 1.18 bits per heavy atom. The van der Waals surface area contributed by atoms with Gasteiger partial charge in [0.1, 0.15) is 5.82 Å². The molecule has 2 aromatic rings. The molecule has 0 spiro atoms. The van der Waals surface area contributed by atoms with Crippen LogP contribution in [0.25, 0.3) is 0 Å². The number of anilines is 2. The molecule has 6 nitrogen and oxygen atoms in total. The van der Waals surface area contributed by atoms with Crippen molar-refractivity contribution in [3.05, 3.63) is 48.2 Å². The van der Waals surface area contributed by atoms with Gasteiger partial charge in [-0.3, -0.25) is 9.59 Å². The molecule has 1 aromatic carbocycles. The van der Waals surface area contributed by atoms with Crippen LogP contribution in [0.2, 0.25) is 0 Å². The highest BCUT2D eigenvalue weighted by Crippen LogP contribution is 2.29. The van der Waals surface area contributed by atoms with Gasteiger partial charge in [0.15, 0.2) is 5.76 Å². The van der Waals surface area contributed by atoms with E-state index in [1.807, 2.05) is 11.9 Å². The van der Waals surface area contributed by atoms with Crippen LogP contribution < -0.4 is 10.2 Å². The van der Waals surface area contributed by atoms with Gasteiger partial charge in [0.25, 0.3) is 5.91 Å². The van der Waals surface area contributed by atoms with Gasteiger partial charge < -0.3 is 19.5 Å². The van der Waals surface area contributed by atoms with Crippen LogP contribution in [-0.4, -0.2) is 43.4 Å². The van der Waals surface area contributed by atoms with Crippen LogP contribution in [0, 0.1) is 5.82 Å². The van der Waals surface area contributed by atoms with Crippen molar-refractivity contribution in [3.8, 4) is 0 Å². The first-order valence-corrected chi connectivity index (χ1v) is 9.57. The number of carbonyl (C=O) groups excluding carboxylic acids is 2. The van der Waals surface area contributed by atoms with Gasteiger partial charge in [-0.05, 0) is 43.2 Å². The predicted octanol–water partition coefficient (Wildman–Crippen LogP) is 3.90. The lowest BCUT2D eigenvalue weighted by Crippen LogP contribution is -2.35. The average molecular weight is 387 g/mol. The van der Waals surface area contributed by atoms with Crippen molar-refractivity contribution in [2.24, 2.45) is 0 Å². The van der Waals surface area contributed by atoms with Crippen molar-refractivity contribution in [1.29, 1.82) is 0 Å². The lowest BCUT2D eigenvalue weighted by Gasteiger charge is -2.33. The largest absolute Gasteiger partial charge is 0.459 e. The Morgan fingerprint density at radius 2 is 1.93 bits per heavy atom. The average Bonchev–Trinajstić information content (AvgIpc) is 3.22. The van der Waals surface area contributed by atoms with Crippen molar-refractivity contribution in [2.45, 2.75) is 38.1 Å². The number of likely N-dealkylation sites (N-methyl/N-ethyl adjacent to an activating group) is 1. The summed E-state index contributed by atoms with van der Waals surface area (Å²) in [5.41, 5.74) is 0.900. The first-order valence-electron chi connectivity index (χ1n) is 9.57. The number of nitrogens with one attached hydrogen (secondary N) is 1. The fraction of sp³-hybridized carbons (Fsp3) is 0.429. The molecule has 1 saturated carbocycles. The third kappa shape index (κ3) is 4.71. The van der Waals surface area contributed by atoms with E-state index in [0.717, 1.165) is 12.8 Å². The molecule has 0 bridgehead atoms. The molecule has 1 N–H and O–H groups in total. The number of amides is 2. The summed E-state index contributed by atoms with van der Waals surface area (Å²) in [5.74, 6) is -1.01. The van der Waals surface area contributed by atoms with Crippen LogP contribution in [0.5, 0.6) is 0 Å². The number of benzene rings is 1. The van der Waals surface area contributed by atoms with Crippen LogP contribution in [0.1, 0.15) is 42.7 Å². The van der Waals surface area contributed by atoms with Gasteiger partial charge in [-0.15, -0.1) is 0 Å². The van der Waals surface area contributed by atoms with E-state index in [9.17, 15) is 14.0 Å². The number of hydrogen-bond donors (Lipinski definition) is 1. The highest BCUT2D eigenvalue weighted by molar-refractivity contribution is 5.98. The molecular formula is C21H26FN3O3. The number of furan rings is 1. The molecule has 0 saturated heterocycles. The van der Waals surface area contributed by atoms with Crippen LogP contribution in [-0.2, 0) is 4.79 Å². The maximum Gasteiger partial charge on any atom is 0.289 e. The molecule has 1 aliphatic rings. The van der Waals surface area contributed by atoms with Crippen LogP contribution in [0.15, 0.2) is 41.0 Å². The molecule has 1 heterocycles. The Bertz CT molecular complexity index is 816. The zero-order valence-electron chi connectivity index (χ0n) is 16.3. The first kappa shape index (κ1) is 19.9. The Morgan fingerprint density at radius 3 is 2.57 bits per heavy atom. The summed E-state index contributed by atoms with van der Waals surface area (Å²) < 4.78 is 19.7. The maximum absolute atomic E-state index is 14.6. The van der Waals surface area contributed by atoms with Crippen LogP contribution >= 0.6 is 0 Å². The number of hydrogen-bond acceptors (Lipinski definition) is 4. The molecule has 1 aliphatic carbocycles. The van der Waals surface area contributed by atoms with Crippen molar-refractivity contribution < 1.29 is 18.4 Å². The summed E-state index contributed by atoms with van der Waals surface area (Å²) >= 11 is 0. The van der Waals surface area contributed by atoms with Gasteiger partial charge in [-0.25, -0.2) is 4.39 Å². The van der Waals surface area contributed by atoms with Gasteiger partial charge in [0.05, 0.1) is 18.5 Å². The van der Waals surface area contributed by atoms with Gasteiger partial charge in [0, 0.05) is 25.8 Å². The molecule has 0 aliphatic heterocycles. The number of halogens is 1. The predicted molar refractivity (Wildman–Crippen MR) is 106 cm³/mol. The normalized spacial score (nSPS) is 14.5. The summed E-state index contributed by atoms with van der Waals surface area (Å²) in [6.07, 6.45) is 7.14. The third-order valence-corrected chi connectivity index (χ3v) is 5.19. The first-order chi connectivity index (χ1) is 13.5. The topological polar surface area (TPSA) is 65.8 Å². The lowest BCUT2D eigenvalue weighted by molar-refractivity contribution is -0.116. The van der Waals surface area contributed by atoms with Gasteiger partial charge in [0.2, 0.25) is 5.91 Å². The summed E-state index contributed by atoms with van der Waals surface area (Å²) in [4.78, 5) is 27.6. The molecule has 0 unspecified atom stereocenters. The van der Waals surface area contributed by atoms with E-state index >= 15 is 0 Å². The second-order valence-corrected chi connectivity index (χ2v) is 7.26. The molecule has 150 valence electrons. The second kappa shape index (κ2) is 8.91. The molecule has 28 heavy (non-hydrogen) atoms. The van der Waals surface area contributed by atoms with Gasteiger partial charge in [-0.1, -0.05) is 19.3 Å². The van der Waals surface area contributed by atoms with E-state index in [4.69, 9.17) is 4.42 Å². The van der Waals surface area contributed by atoms with Crippen molar-refractivity contribution in [2.75, 3.05) is 30.9 Å². The van der Waals surface area contributed by atoms with Crippen LogP contribution in [0.4, 0.5) is 15.8 Å². The summed E-state index contributed by atoms with van der Waals surface area (Å²) in [6, 6.07) is 8.19. The van der Waals surface area contributed by atoms with E-state index < -0.39 is 11.8 Å². The van der Waals surface area contributed by atoms with Gasteiger partial charge >= 0.3 is 0 Å². The lowest BCUT2D eigenvalue weighted by atomic mass is 9.94. The molecule has 1 fully saturated rings. The molecule has 2 amide bonds. The fourth-order valence-electron chi connectivity index (χ4n) is 3.61. The quantitative estimate of drug-likeness (QED) is 0.816. The number of carbonyl (C=O) groups is 2. The monoisotopic (exact) mass is 387 g/mol. The Hall–Kier alpha value is -2.83. The Kier molecular flexibility index (Phi) is 6.34. The van der Waals surface area contributed by atoms with E-state index in [1.165, 1.54) is 49.6 Å². The van der Waals surface area contributed by atoms with Crippen LogP contribution in [0.3, 0.4) is 0 Å². The summed E-state index contributed by atoms with van der Waals surface area (Å²) in [7, 11) is 3.43. The summed E-state index contributed by atoms with van der Waals surface area (Å²) in [5, 5.41) is 2.64. The second-order valence-electron chi connectivity index (χ2n) is 7.26. The van der Waals surface area contributed by atoms with Crippen molar-refractivity contribution in [3.63, 3.8) is 0 Å². The minimum absolute atomic E-state index is 0.162. The van der Waals surface area contributed by atoms with E-state index in [0.29, 0.717) is 17.4 Å². The minimum Gasteiger partial charge on any atom is -0.459 e. The minimum atomic E-state index is -0.407. The standard InChI is InChI=1S/C21H26FN3O3/c1-24(21(27)19-9-6-12-28-19)14-20(26)23-15-10-11-18(17(22)13-15)25(2)16-7-4-3-5-8-16/h6,9-13,16H,3-5,7-8,14H2,1-2H3,(H,23,26). The maximum atomic E-state index is 14.6. The number of nitrogens with zero attached hydrogens (tertiary/aromatic N) is 2.